The van der Waals surface area contributed by atoms with Gasteiger partial charge < -0.3 is 15.2 Å². The van der Waals surface area contributed by atoms with Crippen molar-refractivity contribution in [3.05, 3.63) is 114 Å². The second-order valence-corrected chi connectivity index (χ2v) is 8.58. The average molecular weight is 477 g/mol. The molecule has 36 heavy (non-hydrogen) atoms. The number of anilines is 3. The lowest BCUT2D eigenvalue weighted by Crippen LogP contribution is -2.13. The molecule has 178 valence electrons. The fourth-order valence-electron chi connectivity index (χ4n) is 3.82. The summed E-state index contributed by atoms with van der Waals surface area (Å²) >= 11 is 0. The Morgan fingerprint density at radius 2 is 1.86 bits per heavy atom. The van der Waals surface area contributed by atoms with E-state index in [0.29, 0.717) is 28.6 Å². The van der Waals surface area contributed by atoms with Crippen LogP contribution in [0.25, 0.3) is 16.9 Å². The third-order valence-corrected chi connectivity index (χ3v) is 5.64. The molecule has 0 aliphatic rings. The first kappa shape index (κ1) is 20.6. The molecule has 3 aromatic heterocycles. The molecule has 0 saturated heterocycles. The fourth-order valence-corrected chi connectivity index (χ4v) is 3.82. The molecule has 7 nitrogen and oxygen atoms in total. The summed E-state index contributed by atoms with van der Waals surface area (Å²) in [6, 6.07) is 18.2. The van der Waals surface area contributed by atoms with Crippen molar-refractivity contribution in [2.75, 3.05) is 10.6 Å². The van der Waals surface area contributed by atoms with Crippen LogP contribution in [-0.4, -0.2) is 25.4 Å². The average Bonchev–Trinajstić information content (AvgIpc) is 3.16. The van der Waals surface area contributed by atoms with Gasteiger partial charge in [0.2, 0.25) is 5.95 Å². The van der Waals surface area contributed by atoms with Crippen LogP contribution in [0.2, 0.25) is 0 Å². The molecule has 5 aromatic rings. The van der Waals surface area contributed by atoms with Gasteiger partial charge in [-0.25, -0.2) is 9.97 Å². The first-order valence-electron chi connectivity index (χ1n) is 12.5. The molecule has 0 aliphatic carbocycles. The summed E-state index contributed by atoms with van der Waals surface area (Å²) in [7, 11) is 0. The van der Waals surface area contributed by atoms with Crippen molar-refractivity contribution >= 4 is 23.2 Å². The highest BCUT2D eigenvalue weighted by molar-refractivity contribution is 6.05. The third-order valence-electron chi connectivity index (χ3n) is 5.64. The highest BCUT2D eigenvalue weighted by Crippen LogP contribution is 2.24. The van der Waals surface area contributed by atoms with Gasteiger partial charge in [-0.05, 0) is 92.1 Å². The van der Waals surface area contributed by atoms with E-state index >= 15 is 0 Å². The lowest BCUT2D eigenvalue weighted by molar-refractivity contribution is 0.102. The Hall–Kier alpha value is -4.78. The Bertz CT molecular complexity index is 1650. The predicted molar refractivity (Wildman–Crippen MR) is 143 cm³/mol. The minimum Gasteiger partial charge on any atom is -0.324 e. The lowest BCUT2D eigenvalue weighted by atomic mass is 10.1. The molecule has 0 radical (unpaired) electrons. The Morgan fingerprint density at radius 1 is 0.972 bits per heavy atom. The summed E-state index contributed by atoms with van der Waals surface area (Å²) < 4.78 is 18.1. The maximum Gasteiger partial charge on any atom is 0.255 e. The molecule has 3 heterocycles. The Morgan fingerprint density at radius 3 is 2.64 bits per heavy atom. The molecule has 0 bridgehead atoms. The van der Waals surface area contributed by atoms with E-state index in [-0.39, 0.29) is 18.3 Å². The van der Waals surface area contributed by atoms with Crippen molar-refractivity contribution in [2.24, 2.45) is 0 Å². The van der Waals surface area contributed by atoms with Gasteiger partial charge in [-0.3, -0.25) is 9.78 Å². The van der Waals surface area contributed by atoms with Gasteiger partial charge in [0.1, 0.15) is 0 Å². The van der Waals surface area contributed by atoms with Gasteiger partial charge in [-0.1, -0.05) is 6.07 Å². The molecular formula is C29H26N6O. The maximum absolute atomic E-state index is 13.2. The van der Waals surface area contributed by atoms with Crippen LogP contribution in [0.15, 0.2) is 91.6 Å². The largest absolute Gasteiger partial charge is 0.324 e. The number of hydrogen-bond acceptors (Lipinski definition) is 5. The topological polar surface area (TPSA) is 84.7 Å². The zero-order valence-corrected chi connectivity index (χ0v) is 20.2. The first-order valence-corrected chi connectivity index (χ1v) is 11.5. The maximum atomic E-state index is 13.2. The number of rotatable bonds is 6. The highest BCUT2D eigenvalue weighted by atomic mass is 16.1. The highest BCUT2D eigenvalue weighted by Gasteiger charge is 2.12. The third kappa shape index (κ3) is 5.15. The number of amides is 1. The molecule has 7 heteroatoms. The number of nitrogens with one attached hydrogen (secondary N) is 2. The van der Waals surface area contributed by atoms with Crippen LogP contribution in [-0.2, 0) is 0 Å². The molecule has 0 saturated carbocycles. The van der Waals surface area contributed by atoms with Crippen LogP contribution < -0.4 is 10.6 Å². The summed E-state index contributed by atoms with van der Waals surface area (Å²) in [5, 5.41) is 6.18. The van der Waals surface area contributed by atoms with Gasteiger partial charge in [0, 0.05) is 59.1 Å². The van der Waals surface area contributed by atoms with E-state index in [1.165, 1.54) is 0 Å². The number of pyridine rings is 1. The number of hydrogen-bond donors (Lipinski definition) is 2. The first-order chi connectivity index (χ1) is 18.3. The van der Waals surface area contributed by atoms with Gasteiger partial charge in [0.25, 0.3) is 5.91 Å². The van der Waals surface area contributed by atoms with Crippen LogP contribution in [0.3, 0.4) is 0 Å². The van der Waals surface area contributed by atoms with Crippen LogP contribution in [0.1, 0.15) is 29.8 Å². The van der Waals surface area contributed by atoms with Crippen molar-refractivity contribution in [1.82, 2.24) is 19.5 Å². The molecule has 0 unspecified atom stereocenters. The molecule has 2 aromatic carbocycles. The van der Waals surface area contributed by atoms with E-state index in [2.05, 4.69) is 25.6 Å². The van der Waals surface area contributed by atoms with Gasteiger partial charge in [-0.15, -0.1) is 0 Å². The van der Waals surface area contributed by atoms with Crippen molar-refractivity contribution in [3.8, 4) is 16.9 Å². The summed E-state index contributed by atoms with van der Waals surface area (Å²) in [6.07, 6.45) is 5.60. The molecule has 2 N–H and O–H groups in total. The SMILES string of the molecule is [2H]c1cc(C)c([2H])n1-c1cc(C)cc(NC(=O)c2ccc(C)c(Nc3nccc(-c4cccnc4)n3)c2)c1. The minimum absolute atomic E-state index is 0.222. The van der Waals surface area contributed by atoms with Crippen LogP contribution >= 0.6 is 0 Å². The van der Waals surface area contributed by atoms with Gasteiger partial charge in [-0.2, -0.15) is 0 Å². The lowest BCUT2D eigenvalue weighted by Gasteiger charge is -2.13. The number of aryl methyl sites for hydroxylation is 3. The van der Waals surface area contributed by atoms with Crippen molar-refractivity contribution in [1.29, 1.82) is 0 Å². The van der Waals surface area contributed by atoms with E-state index in [9.17, 15) is 4.79 Å². The molecule has 0 fully saturated rings. The number of benzene rings is 2. The fraction of sp³-hybridized carbons (Fsp3) is 0.103. The van der Waals surface area contributed by atoms with E-state index < -0.39 is 0 Å². The van der Waals surface area contributed by atoms with Gasteiger partial charge in [0.05, 0.1) is 8.44 Å². The molecule has 0 atom stereocenters. The standard InChI is InChI=1S/C29H26N6O/c1-19-9-12-35(18-19)25-14-20(2)13-24(16-25)32-28(36)22-7-6-21(3)27(15-22)34-29-31-11-8-26(33-29)23-5-4-10-30-17-23/h4-18H,1-3H3,(H,32,36)(H,31,33,34)/i12D,18D. The van der Waals surface area contributed by atoms with E-state index in [4.69, 9.17) is 2.74 Å². The van der Waals surface area contributed by atoms with Crippen molar-refractivity contribution in [3.63, 3.8) is 0 Å². The zero-order valence-electron chi connectivity index (χ0n) is 22.2. The smallest absolute Gasteiger partial charge is 0.255 e. The van der Waals surface area contributed by atoms with E-state index in [1.807, 2.05) is 50.2 Å². The summed E-state index contributed by atoms with van der Waals surface area (Å²) in [6.45, 7) is 5.66. The second kappa shape index (κ2) is 9.84. The summed E-state index contributed by atoms with van der Waals surface area (Å²) in [5.41, 5.74) is 6.58. The molecular weight excluding hydrogens is 448 g/mol. The van der Waals surface area contributed by atoms with Gasteiger partial charge in [0.15, 0.2) is 0 Å². The Balaban J connectivity index is 1.39. The summed E-state index contributed by atoms with van der Waals surface area (Å²) in [5.74, 6) is 0.130. The summed E-state index contributed by atoms with van der Waals surface area (Å²) in [4.78, 5) is 26.3. The minimum atomic E-state index is -0.282. The molecule has 0 spiro atoms. The quantitative estimate of drug-likeness (QED) is 0.303. The molecule has 1 amide bonds. The number of carbonyl (C=O) groups is 1. The Kier molecular flexibility index (Phi) is 5.62. The van der Waals surface area contributed by atoms with Crippen molar-refractivity contribution < 1.29 is 7.54 Å². The number of aromatic nitrogens is 4. The Labute approximate surface area is 212 Å². The predicted octanol–water partition coefficient (Wildman–Crippen LogP) is 6.25. The van der Waals surface area contributed by atoms with Gasteiger partial charge >= 0.3 is 0 Å². The monoisotopic (exact) mass is 476 g/mol. The van der Waals surface area contributed by atoms with Crippen molar-refractivity contribution in [2.45, 2.75) is 20.8 Å². The van der Waals surface area contributed by atoms with Crippen LogP contribution in [0.5, 0.6) is 0 Å². The second-order valence-electron chi connectivity index (χ2n) is 8.58. The number of nitrogens with zero attached hydrogens (tertiary/aromatic N) is 4. The van der Waals surface area contributed by atoms with E-state index in [0.717, 1.165) is 27.9 Å². The van der Waals surface area contributed by atoms with E-state index in [1.54, 1.807) is 54.3 Å². The van der Waals surface area contributed by atoms with Crippen LogP contribution in [0.4, 0.5) is 17.3 Å². The van der Waals surface area contributed by atoms with Crippen LogP contribution in [0, 0.1) is 20.8 Å². The zero-order chi connectivity index (χ0) is 26.8. The molecule has 0 aliphatic heterocycles. The molecule has 5 rings (SSSR count). The number of carbonyl (C=O) groups excluding carboxylic acids is 1. The normalized spacial score (nSPS) is 11.5.